The van der Waals surface area contributed by atoms with Crippen molar-refractivity contribution in [3.63, 3.8) is 0 Å². The molecule has 0 saturated heterocycles. The number of benzene rings is 2. The molecule has 0 atom stereocenters. The van der Waals surface area contributed by atoms with Crippen LogP contribution in [-0.4, -0.2) is 47.8 Å². The van der Waals surface area contributed by atoms with Gasteiger partial charge < -0.3 is 10.2 Å². The molecule has 3 aromatic rings. The third kappa shape index (κ3) is 4.12. The van der Waals surface area contributed by atoms with Gasteiger partial charge in [-0.25, -0.2) is 4.68 Å². The molecule has 26 heavy (non-hydrogen) atoms. The Morgan fingerprint density at radius 3 is 2.62 bits per heavy atom. The summed E-state index contributed by atoms with van der Waals surface area (Å²) in [4.78, 5) is 14.7. The summed E-state index contributed by atoms with van der Waals surface area (Å²) < 4.78 is 1.75. The first-order valence-corrected chi connectivity index (χ1v) is 8.76. The average molecular weight is 369 g/mol. The van der Waals surface area contributed by atoms with Crippen molar-refractivity contribution in [1.82, 2.24) is 20.0 Å². The summed E-state index contributed by atoms with van der Waals surface area (Å²) in [6.45, 7) is 1.34. The number of nitrogens with one attached hydrogen (secondary N) is 1. The van der Waals surface area contributed by atoms with E-state index in [9.17, 15) is 4.79 Å². The molecular weight excluding hydrogens is 348 g/mol. The van der Waals surface area contributed by atoms with E-state index in [0.29, 0.717) is 17.1 Å². The van der Waals surface area contributed by atoms with Gasteiger partial charge in [-0.1, -0.05) is 48.0 Å². The zero-order chi connectivity index (χ0) is 18.5. The number of halogens is 1. The summed E-state index contributed by atoms with van der Waals surface area (Å²) in [6.07, 6.45) is 1.61. The monoisotopic (exact) mass is 368 g/mol. The average Bonchev–Trinajstić information content (AvgIpc) is 3.07. The number of aromatic nitrogens is 2. The van der Waals surface area contributed by atoms with Gasteiger partial charge in [-0.2, -0.15) is 5.10 Å². The fourth-order valence-electron chi connectivity index (χ4n) is 2.68. The largest absolute Gasteiger partial charge is 0.351 e. The molecule has 0 bridgehead atoms. The molecule has 0 radical (unpaired) electrons. The minimum Gasteiger partial charge on any atom is -0.351 e. The van der Waals surface area contributed by atoms with Gasteiger partial charge in [-0.3, -0.25) is 4.79 Å². The van der Waals surface area contributed by atoms with Crippen molar-refractivity contribution in [3.05, 3.63) is 71.4 Å². The van der Waals surface area contributed by atoms with Crippen LogP contribution in [0.25, 0.3) is 16.9 Å². The lowest BCUT2D eigenvalue weighted by Crippen LogP contribution is -2.31. The highest BCUT2D eigenvalue weighted by molar-refractivity contribution is 6.30. The van der Waals surface area contributed by atoms with Crippen LogP contribution >= 0.6 is 11.6 Å². The number of carbonyl (C=O) groups is 1. The molecule has 0 fully saturated rings. The Hall–Kier alpha value is -2.63. The van der Waals surface area contributed by atoms with Gasteiger partial charge >= 0.3 is 0 Å². The molecule has 1 N–H and O–H groups in total. The molecule has 1 amide bonds. The molecule has 6 heteroatoms. The van der Waals surface area contributed by atoms with Crippen molar-refractivity contribution in [1.29, 1.82) is 0 Å². The zero-order valence-corrected chi connectivity index (χ0v) is 15.6. The predicted molar refractivity (Wildman–Crippen MR) is 105 cm³/mol. The van der Waals surface area contributed by atoms with Crippen molar-refractivity contribution >= 4 is 17.5 Å². The number of hydrogen-bond donors (Lipinski definition) is 1. The molecular formula is C20H21ClN4O. The molecule has 1 heterocycles. The van der Waals surface area contributed by atoms with Crippen LogP contribution in [0.3, 0.4) is 0 Å². The quantitative estimate of drug-likeness (QED) is 0.724. The number of amides is 1. The van der Waals surface area contributed by atoms with E-state index in [2.05, 4.69) is 10.4 Å². The van der Waals surface area contributed by atoms with E-state index in [0.717, 1.165) is 23.5 Å². The smallest absolute Gasteiger partial charge is 0.255 e. The number of nitrogens with zero attached hydrogens (tertiary/aromatic N) is 3. The summed E-state index contributed by atoms with van der Waals surface area (Å²) in [5.74, 6) is -0.140. The van der Waals surface area contributed by atoms with Gasteiger partial charge in [-0.15, -0.1) is 0 Å². The molecule has 2 aromatic carbocycles. The van der Waals surface area contributed by atoms with Crippen molar-refractivity contribution in [3.8, 4) is 16.9 Å². The topological polar surface area (TPSA) is 50.2 Å². The Morgan fingerprint density at radius 1 is 1.15 bits per heavy atom. The number of rotatable bonds is 6. The van der Waals surface area contributed by atoms with E-state index in [1.165, 1.54) is 0 Å². The summed E-state index contributed by atoms with van der Waals surface area (Å²) in [5, 5.41) is 8.03. The van der Waals surface area contributed by atoms with Crippen LogP contribution in [0.1, 0.15) is 10.4 Å². The Labute approximate surface area is 158 Å². The minimum atomic E-state index is -0.140. The van der Waals surface area contributed by atoms with Gasteiger partial charge in [0.25, 0.3) is 5.91 Å². The maximum atomic E-state index is 12.7. The fraction of sp³-hybridized carbons (Fsp3) is 0.200. The first-order chi connectivity index (χ1) is 12.6. The lowest BCUT2D eigenvalue weighted by molar-refractivity contribution is 0.0951. The Bertz CT molecular complexity index is 890. The van der Waals surface area contributed by atoms with Crippen LogP contribution in [-0.2, 0) is 0 Å². The van der Waals surface area contributed by atoms with Gasteiger partial charge in [0.2, 0.25) is 0 Å². The summed E-state index contributed by atoms with van der Waals surface area (Å²) in [5.41, 5.74) is 3.01. The standard InChI is InChI=1S/C20H21ClN4O/c1-24(2)12-11-22-20(26)18-14-23-25(17-10-6-9-16(21)13-17)19(18)15-7-4-3-5-8-15/h3-10,13-14H,11-12H2,1-2H3,(H,22,26). The van der Waals surface area contributed by atoms with E-state index in [1.807, 2.05) is 73.6 Å². The predicted octanol–water partition coefficient (Wildman–Crippen LogP) is 3.48. The van der Waals surface area contributed by atoms with Crippen LogP contribution in [0.5, 0.6) is 0 Å². The number of likely N-dealkylation sites (N-methyl/N-ethyl adjacent to an activating group) is 1. The number of hydrogen-bond acceptors (Lipinski definition) is 3. The second-order valence-corrected chi connectivity index (χ2v) is 6.66. The first kappa shape index (κ1) is 18.2. The highest BCUT2D eigenvalue weighted by Gasteiger charge is 2.19. The molecule has 5 nitrogen and oxygen atoms in total. The Balaban J connectivity index is 2.01. The minimum absolute atomic E-state index is 0.140. The highest BCUT2D eigenvalue weighted by Crippen LogP contribution is 2.27. The summed E-state index contributed by atoms with van der Waals surface area (Å²) in [7, 11) is 3.94. The fourth-order valence-corrected chi connectivity index (χ4v) is 2.86. The second kappa shape index (κ2) is 8.17. The van der Waals surface area contributed by atoms with E-state index in [4.69, 9.17) is 11.6 Å². The maximum absolute atomic E-state index is 12.7. The van der Waals surface area contributed by atoms with E-state index in [-0.39, 0.29) is 5.91 Å². The van der Waals surface area contributed by atoms with Crippen LogP contribution in [0.2, 0.25) is 5.02 Å². The van der Waals surface area contributed by atoms with E-state index in [1.54, 1.807) is 10.9 Å². The Morgan fingerprint density at radius 2 is 1.92 bits per heavy atom. The lowest BCUT2D eigenvalue weighted by atomic mass is 10.1. The third-order valence-corrected chi connectivity index (χ3v) is 4.19. The molecule has 0 spiro atoms. The normalized spacial score (nSPS) is 10.9. The molecule has 0 aliphatic heterocycles. The highest BCUT2D eigenvalue weighted by atomic mass is 35.5. The molecule has 0 saturated carbocycles. The molecule has 0 unspecified atom stereocenters. The molecule has 0 aliphatic carbocycles. The van der Waals surface area contributed by atoms with Crippen molar-refractivity contribution < 1.29 is 4.79 Å². The van der Waals surface area contributed by atoms with E-state index >= 15 is 0 Å². The second-order valence-electron chi connectivity index (χ2n) is 6.22. The van der Waals surface area contributed by atoms with Gasteiger partial charge in [-0.05, 0) is 32.3 Å². The van der Waals surface area contributed by atoms with Gasteiger partial charge in [0.15, 0.2) is 0 Å². The van der Waals surface area contributed by atoms with Gasteiger partial charge in [0, 0.05) is 23.7 Å². The first-order valence-electron chi connectivity index (χ1n) is 8.38. The van der Waals surface area contributed by atoms with E-state index < -0.39 is 0 Å². The number of carbonyl (C=O) groups excluding carboxylic acids is 1. The molecule has 134 valence electrons. The SMILES string of the molecule is CN(C)CCNC(=O)c1cnn(-c2cccc(Cl)c2)c1-c1ccccc1. The van der Waals surface area contributed by atoms with Crippen molar-refractivity contribution in [2.24, 2.45) is 0 Å². The van der Waals surface area contributed by atoms with Crippen LogP contribution in [0, 0.1) is 0 Å². The lowest BCUT2D eigenvalue weighted by Gasteiger charge is -2.12. The van der Waals surface area contributed by atoms with Crippen LogP contribution < -0.4 is 5.32 Å². The van der Waals surface area contributed by atoms with Gasteiger partial charge in [0.05, 0.1) is 23.1 Å². The maximum Gasteiger partial charge on any atom is 0.255 e. The van der Waals surface area contributed by atoms with Crippen LogP contribution in [0.4, 0.5) is 0 Å². The Kier molecular flexibility index (Phi) is 5.71. The summed E-state index contributed by atoms with van der Waals surface area (Å²) >= 11 is 6.14. The van der Waals surface area contributed by atoms with Crippen molar-refractivity contribution in [2.75, 3.05) is 27.2 Å². The zero-order valence-electron chi connectivity index (χ0n) is 14.8. The summed E-state index contributed by atoms with van der Waals surface area (Å²) in [6, 6.07) is 17.2. The van der Waals surface area contributed by atoms with Gasteiger partial charge in [0.1, 0.15) is 0 Å². The molecule has 0 aliphatic rings. The third-order valence-electron chi connectivity index (χ3n) is 3.96. The molecule has 1 aromatic heterocycles. The van der Waals surface area contributed by atoms with Crippen LogP contribution in [0.15, 0.2) is 60.8 Å². The van der Waals surface area contributed by atoms with Crippen molar-refractivity contribution in [2.45, 2.75) is 0 Å². The molecule has 3 rings (SSSR count).